The molecule has 0 heterocycles. The second-order valence-corrected chi connectivity index (χ2v) is 2.77. The van der Waals surface area contributed by atoms with Gasteiger partial charge in [0.2, 0.25) is 5.78 Å². The Balaban J connectivity index is 3.17. The summed E-state index contributed by atoms with van der Waals surface area (Å²) in [6, 6.07) is 0. The maximum atomic E-state index is 11.4. The van der Waals surface area contributed by atoms with Crippen LogP contribution in [0.1, 0.15) is 13.8 Å². The summed E-state index contributed by atoms with van der Waals surface area (Å²) in [7, 11) is 1.64. The zero-order valence-electron chi connectivity index (χ0n) is 7.39. The van der Waals surface area contributed by atoms with Crippen molar-refractivity contribution in [1.29, 1.82) is 0 Å². The van der Waals surface area contributed by atoms with Gasteiger partial charge in [-0.3, -0.25) is 9.59 Å². The minimum Gasteiger partial charge on any atom is -0.385 e. The van der Waals surface area contributed by atoms with Crippen molar-refractivity contribution in [3.05, 3.63) is 22.9 Å². The van der Waals surface area contributed by atoms with E-state index in [2.05, 4.69) is 5.32 Å². The molecule has 0 amide bonds. The first-order valence-electron chi connectivity index (χ1n) is 3.74. The topological polar surface area (TPSA) is 46.2 Å². The number of hydrogen-bond acceptors (Lipinski definition) is 3. The molecule has 0 spiro atoms. The van der Waals surface area contributed by atoms with E-state index in [0.717, 1.165) is 0 Å². The van der Waals surface area contributed by atoms with Crippen LogP contribution in [-0.4, -0.2) is 18.6 Å². The van der Waals surface area contributed by atoms with E-state index in [4.69, 9.17) is 0 Å². The van der Waals surface area contributed by atoms with Gasteiger partial charge in [0.1, 0.15) is 0 Å². The molecule has 0 radical (unpaired) electrons. The third-order valence-corrected chi connectivity index (χ3v) is 1.93. The monoisotopic (exact) mass is 165 g/mol. The number of carbonyl (C=O) groups is 2. The van der Waals surface area contributed by atoms with Crippen molar-refractivity contribution in [2.45, 2.75) is 13.8 Å². The number of carbonyl (C=O) groups excluding carboxylic acids is 2. The van der Waals surface area contributed by atoms with E-state index in [-0.39, 0.29) is 11.6 Å². The Morgan fingerprint density at radius 1 is 1.25 bits per heavy atom. The third-order valence-electron chi connectivity index (χ3n) is 1.93. The normalized spacial score (nSPS) is 18.1. The van der Waals surface area contributed by atoms with Gasteiger partial charge in [-0.05, 0) is 19.9 Å². The summed E-state index contributed by atoms with van der Waals surface area (Å²) < 4.78 is 0. The summed E-state index contributed by atoms with van der Waals surface area (Å²) in [5, 5.41) is 2.73. The van der Waals surface area contributed by atoms with Crippen molar-refractivity contribution in [2.24, 2.45) is 0 Å². The van der Waals surface area contributed by atoms with Crippen molar-refractivity contribution in [2.75, 3.05) is 7.05 Å². The van der Waals surface area contributed by atoms with Gasteiger partial charge in [-0.1, -0.05) is 0 Å². The van der Waals surface area contributed by atoms with E-state index < -0.39 is 0 Å². The molecule has 0 saturated heterocycles. The third kappa shape index (κ3) is 1.18. The molecule has 1 rings (SSSR count). The van der Waals surface area contributed by atoms with E-state index in [1.54, 1.807) is 20.9 Å². The fourth-order valence-corrected chi connectivity index (χ4v) is 1.16. The van der Waals surface area contributed by atoms with E-state index in [9.17, 15) is 9.59 Å². The van der Waals surface area contributed by atoms with Crippen LogP contribution in [0.2, 0.25) is 0 Å². The molecule has 1 N–H and O–H groups in total. The van der Waals surface area contributed by atoms with Crippen molar-refractivity contribution in [3.63, 3.8) is 0 Å². The predicted octanol–water partition coefficient (Wildman–Crippen LogP) is 0.578. The molecule has 3 heteroatoms. The molecular formula is C9H11NO2. The summed E-state index contributed by atoms with van der Waals surface area (Å²) in [6.45, 7) is 3.29. The summed E-state index contributed by atoms with van der Waals surface area (Å²) in [5.74, 6) is -0.175. The maximum absolute atomic E-state index is 11.4. The van der Waals surface area contributed by atoms with Crippen molar-refractivity contribution in [1.82, 2.24) is 5.32 Å². The van der Waals surface area contributed by atoms with Gasteiger partial charge in [0.15, 0.2) is 5.78 Å². The molecule has 1 aliphatic carbocycles. The molecule has 0 aromatic carbocycles. The molecule has 0 bridgehead atoms. The maximum Gasteiger partial charge on any atom is 0.205 e. The molecule has 0 fully saturated rings. The first-order chi connectivity index (χ1) is 5.57. The molecule has 3 nitrogen and oxygen atoms in total. The predicted molar refractivity (Wildman–Crippen MR) is 45.5 cm³/mol. The molecule has 0 saturated carbocycles. The van der Waals surface area contributed by atoms with Crippen LogP contribution in [-0.2, 0) is 9.59 Å². The average Bonchev–Trinajstić information content (AvgIpc) is 2.02. The second-order valence-electron chi connectivity index (χ2n) is 2.77. The number of rotatable bonds is 1. The van der Waals surface area contributed by atoms with E-state index in [1.807, 2.05) is 0 Å². The molecule has 12 heavy (non-hydrogen) atoms. The Bertz CT molecular complexity index is 310. The van der Waals surface area contributed by atoms with Crippen molar-refractivity contribution >= 4 is 11.6 Å². The highest BCUT2D eigenvalue weighted by atomic mass is 16.1. The van der Waals surface area contributed by atoms with Crippen LogP contribution in [0.3, 0.4) is 0 Å². The number of ketones is 2. The van der Waals surface area contributed by atoms with Gasteiger partial charge in [0.25, 0.3) is 0 Å². The first-order valence-corrected chi connectivity index (χ1v) is 3.74. The molecular weight excluding hydrogens is 154 g/mol. The van der Waals surface area contributed by atoms with E-state index in [1.165, 1.54) is 6.08 Å². The fraction of sp³-hybridized carbons (Fsp3) is 0.333. The lowest BCUT2D eigenvalue weighted by molar-refractivity contribution is -0.116. The summed E-state index contributed by atoms with van der Waals surface area (Å²) >= 11 is 0. The first kappa shape index (κ1) is 8.71. The Morgan fingerprint density at radius 3 is 2.33 bits per heavy atom. The molecule has 0 aliphatic heterocycles. The Hall–Kier alpha value is -1.38. The molecule has 0 aromatic rings. The smallest absolute Gasteiger partial charge is 0.205 e. The number of hydrogen-bond donors (Lipinski definition) is 1. The summed E-state index contributed by atoms with van der Waals surface area (Å²) in [4.78, 5) is 22.6. The van der Waals surface area contributed by atoms with Crippen LogP contribution in [0, 0.1) is 0 Å². The van der Waals surface area contributed by atoms with E-state index in [0.29, 0.717) is 16.8 Å². The number of Topliss-reactive ketones (excluding diaryl/α,β-unsaturated/α-hetero) is 1. The fourth-order valence-electron chi connectivity index (χ4n) is 1.16. The van der Waals surface area contributed by atoms with E-state index >= 15 is 0 Å². The molecule has 1 aliphatic rings. The molecule has 64 valence electrons. The zero-order valence-corrected chi connectivity index (χ0v) is 7.39. The van der Waals surface area contributed by atoms with Crippen LogP contribution < -0.4 is 5.32 Å². The Kier molecular flexibility index (Phi) is 2.13. The van der Waals surface area contributed by atoms with Gasteiger partial charge in [-0.2, -0.15) is 0 Å². The van der Waals surface area contributed by atoms with Gasteiger partial charge >= 0.3 is 0 Å². The second kappa shape index (κ2) is 2.93. The SMILES string of the molecule is CNC1=C(C)C(=O)C=C(C)C1=O. The zero-order chi connectivity index (χ0) is 9.30. The highest BCUT2D eigenvalue weighted by molar-refractivity contribution is 6.21. The highest BCUT2D eigenvalue weighted by Gasteiger charge is 2.21. The largest absolute Gasteiger partial charge is 0.385 e. The van der Waals surface area contributed by atoms with Crippen LogP contribution >= 0.6 is 0 Å². The summed E-state index contributed by atoms with van der Waals surface area (Å²) in [5.41, 5.74) is 1.41. The van der Waals surface area contributed by atoms with Crippen LogP contribution in [0.25, 0.3) is 0 Å². The molecule has 0 unspecified atom stereocenters. The standard InChI is InChI=1S/C9H11NO2/c1-5-4-7(11)6(2)8(10-3)9(5)12/h4,10H,1-3H3. The van der Waals surface area contributed by atoms with Crippen LogP contribution in [0.15, 0.2) is 22.9 Å². The Morgan fingerprint density at radius 2 is 1.83 bits per heavy atom. The average molecular weight is 165 g/mol. The number of nitrogens with one attached hydrogen (secondary N) is 1. The summed E-state index contributed by atoms with van der Waals surface area (Å²) in [6.07, 6.45) is 1.37. The Labute approximate surface area is 71.1 Å². The highest BCUT2D eigenvalue weighted by Crippen LogP contribution is 2.15. The molecule has 0 atom stereocenters. The molecule has 0 aromatic heterocycles. The minimum absolute atomic E-state index is 0.0866. The van der Waals surface area contributed by atoms with Crippen molar-refractivity contribution in [3.8, 4) is 0 Å². The minimum atomic E-state index is -0.0883. The quantitative estimate of drug-likeness (QED) is 0.578. The number of allylic oxidation sites excluding steroid dienone is 3. The van der Waals surface area contributed by atoms with Crippen LogP contribution in [0.4, 0.5) is 0 Å². The van der Waals surface area contributed by atoms with Gasteiger partial charge in [0.05, 0.1) is 5.70 Å². The lowest BCUT2D eigenvalue weighted by Gasteiger charge is -2.13. The van der Waals surface area contributed by atoms with Gasteiger partial charge < -0.3 is 5.32 Å². The van der Waals surface area contributed by atoms with Crippen LogP contribution in [0.5, 0.6) is 0 Å². The van der Waals surface area contributed by atoms with Gasteiger partial charge in [-0.25, -0.2) is 0 Å². The van der Waals surface area contributed by atoms with Gasteiger partial charge in [-0.15, -0.1) is 0 Å². The van der Waals surface area contributed by atoms with Crippen molar-refractivity contribution < 1.29 is 9.59 Å². The number of likely N-dealkylation sites (N-methyl/N-ethyl adjacent to an activating group) is 1. The lowest BCUT2D eigenvalue weighted by atomic mass is 9.96. The van der Waals surface area contributed by atoms with Gasteiger partial charge in [0, 0.05) is 18.2 Å². The lowest BCUT2D eigenvalue weighted by Crippen LogP contribution is -2.25.